The maximum Gasteiger partial charge on any atom is 0.282 e. The second kappa shape index (κ2) is 9.99. The van der Waals surface area contributed by atoms with Gasteiger partial charge in [-0.1, -0.05) is 37.3 Å². The van der Waals surface area contributed by atoms with Gasteiger partial charge >= 0.3 is 0 Å². The summed E-state index contributed by atoms with van der Waals surface area (Å²) in [6.07, 6.45) is 2.48. The quantitative estimate of drug-likeness (QED) is 0.214. The first kappa shape index (κ1) is 23.8. The zero-order chi connectivity index (χ0) is 25.2. The molecule has 0 N–H and O–H groups in total. The molecule has 5 rings (SSSR count). The fourth-order valence-corrected chi connectivity index (χ4v) is 4.37. The first-order valence-corrected chi connectivity index (χ1v) is 12.4. The largest absolute Gasteiger partial charge is 0.493 e. The van der Waals surface area contributed by atoms with E-state index in [-0.39, 0.29) is 11.7 Å². The van der Waals surface area contributed by atoms with Crippen molar-refractivity contribution in [1.82, 2.24) is 9.66 Å². The van der Waals surface area contributed by atoms with Crippen LogP contribution in [0.15, 0.2) is 85.5 Å². The summed E-state index contributed by atoms with van der Waals surface area (Å²) in [7, 11) is 1.59. The van der Waals surface area contributed by atoms with Crippen molar-refractivity contribution in [2.24, 2.45) is 5.10 Å². The topological polar surface area (TPSA) is 78.9 Å². The number of furan rings is 1. The molecule has 3 aromatic carbocycles. The number of hydrogen-bond donors (Lipinski definition) is 0. The molecule has 36 heavy (non-hydrogen) atoms. The molecule has 0 bridgehead atoms. The average Bonchev–Trinajstić information content (AvgIpc) is 3.33. The Hall–Kier alpha value is -3.91. The highest BCUT2D eigenvalue weighted by atomic mass is 79.9. The van der Waals surface area contributed by atoms with Gasteiger partial charge in [-0.15, -0.1) is 0 Å². The van der Waals surface area contributed by atoms with Gasteiger partial charge in [0.25, 0.3) is 5.56 Å². The van der Waals surface area contributed by atoms with Crippen LogP contribution in [0.2, 0.25) is 0 Å². The summed E-state index contributed by atoms with van der Waals surface area (Å²) in [6.45, 7) is 4.06. The highest BCUT2D eigenvalue weighted by Gasteiger charge is 2.17. The van der Waals surface area contributed by atoms with E-state index in [2.05, 4.69) is 28.0 Å². The molecular formula is C28H24BrN3O4. The number of rotatable bonds is 7. The molecular weight excluding hydrogens is 522 g/mol. The maximum absolute atomic E-state index is 13.5. The van der Waals surface area contributed by atoms with Crippen LogP contribution in [0.25, 0.3) is 33.5 Å². The molecule has 0 aliphatic carbocycles. The number of methoxy groups -OCH3 is 1. The molecule has 182 valence electrons. The summed E-state index contributed by atoms with van der Waals surface area (Å²) in [6, 6.07) is 20.4. The summed E-state index contributed by atoms with van der Waals surface area (Å²) < 4.78 is 19.6. The minimum Gasteiger partial charge on any atom is -0.493 e. The Bertz CT molecular complexity index is 1620. The van der Waals surface area contributed by atoms with E-state index in [1.165, 1.54) is 4.68 Å². The van der Waals surface area contributed by atoms with Gasteiger partial charge in [-0.25, -0.2) is 4.98 Å². The smallest absolute Gasteiger partial charge is 0.282 e. The molecule has 0 aliphatic heterocycles. The second-order valence-electron chi connectivity index (χ2n) is 8.33. The summed E-state index contributed by atoms with van der Waals surface area (Å²) in [5, 5.41) is 5.91. The Morgan fingerprint density at radius 1 is 1.14 bits per heavy atom. The molecule has 0 unspecified atom stereocenters. The molecule has 2 aromatic heterocycles. The van der Waals surface area contributed by atoms with E-state index in [9.17, 15) is 4.79 Å². The number of hydrogen-bond acceptors (Lipinski definition) is 6. The van der Waals surface area contributed by atoms with E-state index in [4.69, 9.17) is 18.9 Å². The molecule has 0 amide bonds. The van der Waals surface area contributed by atoms with E-state index in [1.54, 1.807) is 31.5 Å². The van der Waals surface area contributed by atoms with Crippen molar-refractivity contribution in [1.29, 1.82) is 0 Å². The van der Waals surface area contributed by atoms with E-state index in [0.29, 0.717) is 45.1 Å². The van der Waals surface area contributed by atoms with Crippen LogP contribution >= 0.6 is 15.9 Å². The molecule has 1 atom stereocenters. The van der Waals surface area contributed by atoms with Crippen LogP contribution in [0.3, 0.4) is 0 Å². The molecule has 0 saturated heterocycles. The lowest BCUT2D eigenvalue weighted by atomic mass is 10.2. The van der Waals surface area contributed by atoms with Crippen LogP contribution in [0.4, 0.5) is 0 Å². The summed E-state index contributed by atoms with van der Waals surface area (Å²) in [4.78, 5) is 18.2. The Kier molecular flexibility index (Phi) is 6.61. The van der Waals surface area contributed by atoms with Gasteiger partial charge in [-0.3, -0.25) is 4.79 Å². The molecule has 2 heterocycles. The SMILES string of the molecule is CC[C@H](C)Oc1c(Br)cc(C=Nn2c(-c3cc4ccccc4o3)nc3ccccc3c2=O)cc1OC. The lowest BCUT2D eigenvalue weighted by molar-refractivity contribution is 0.206. The molecule has 0 radical (unpaired) electrons. The van der Waals surface area contributed by atoms with Gasteiger partial charge in [0.2, 0.25) is 5.82 Å². The number of ether oxygens (including phenoxy) is 2. The maximum atomic E-state index is 13.5. The summed E-state index contributed by atoms with van der Waals surface area (Å²) >= 11 is 3.58. The molecule has 8 heteroatoms. The molecule has 0 fully saturated rings. The monoisotopic (exact) mass is 545 g/mol. The van der Waals surface area contributed by atoms with Gasteiger partial charge in [0.1, 0.15) is 5.58 Å². The number of benzene rings is 3. The van der Waals surface area contributed by atoms with Crippen LogP contribution in [-0.4, -0.2) is 29.1 Å². The van der Waals surface area contributed by atoms with Crippen molar-refractivity contribution in [3.05, 3.63) is 87.1 Å². The molecule has 7 nitrogen and oxygen atoms in total. The second-order valence-corrected chi connectivity index (χ2v) is 9.19. The van der Waals surface area contributed by atoms with Crippen molar-refractivity contribution in [3.63, 3.8) is 0 Å². The lowest BCUT2D eigenvalue weighted by Crippen LogP contribution is -2.20. The van der Waals surface area contributed by atoms with Crippen molar-refractivity contribution >= 4 is 44.0 Å². The van der Waals surface area contributed by atoms with Gasteiger partial charge in [-0.05, 0) is 71.2 Å². The molecule has 0 spiro atoms. The van der Waals surface area contributed by atoms with Crippen molar-refractivity contribution in [3.8, 4) is 23.1 Å². The van der Waals surface area contributed by atoms with Crippen molar-refractivity contribution < 1.29 is 13.9 Å². The van der Waals surface area contributed by atoms with Gasteiger partial charge in [0.15, 0.2) is 17.3 Å². The Labute approximate surface area is 216 Å². The van der Waals surface area contributed by atoms with E-state index < -0.39 is 0 Å². The van der Waals surface area contributed by atoms with E-state index in [0.717, 1.165) is 16.3 Å². The van der Waals surface area contributed by atoms with Crippen molar-refractivity contribution in [2.45, 2.75) is 26.4 Å². The van der Waals surface area contributed by atoms with Crippen LogP contribution < -0.4 is 15.0 Å². The molecule has 0 aliphatic rings. The number of nitrogens with zero attached hydrogens (tertiary/aromatic N) is 3. The van der Waals surface area contributed by atoms with Gasteiger partial charge < -0.3 is 13.9 Å². The first-order valence-electron chi connectivity index (χ1n) is 11.6. The lowest BCUT2D eigenvalue weighted by Gasteiger charge is -2.17. The Balaban J connectivity index is 1.64. The Morgan fingerprint density at radius 2 is 1.92 bits per heavy atom. The average molecular weight is 546 g/mol. The van der Waals surface area contributed by atoms with Crippen LogP contribution in [0.1, 0.15) is 25.8 Å². The fourth-order valence-electron chi connectivity index (χ4n) is 3.82. The van der Waals surface area contributed by atoms with Crippen molar-refractivity contribution in [2.75, 3.05) is 7.11 Å². The highest BCUT2D eigenvalue weighted by molar-refractivity contribution is 9.10. The minimum atomic E-state index is -0.296. The first-order chi connectivity index (χ1) is 17.5. The predicted molar refractivity (Wildman–Crippen MR) is 145 cm³/mol. The van der Waals surface area contributed by atoms with E-state index >= 15 is 0 Å². The van der Waals surface area contributed by atoms with Gasteiger partial charge in [-0.2, -0.15) is 9.78 Å². The third kappa shape index (κ3) is 4.52. The van der Waals surface area contributed by atoms with Gasteiger partial charge in [0.05, 0.1) is 34.8 Å². The normalized spacial score (nSPS) is 12.4. The van der Waals surface area contributed by atoms with Crippen LogP contribution in [0, 0.1) is 0 Å². The van der Waals surface area contributed by atoms with Crippen LogP contribution in [-0.2, 0) is 0 Å². The molecule has 5 aromatic rings. The summed E-state index contributed by atoms with van der Waals surface area (Å²) in [5.41, 5.74) is 1.69. The summed E-state index contributed by atoms with van der Waals surface area (Å²) in [5.74, 6) is 1.95. The zero-order valence-electron chi connectivity index (χ0n) is 20.1. The standard InChI is InChI=1S/C28H24BrN3O4/c1-4-17(2)35-26-21(29)13-18(14-24(26)34-3)16-30-32-27(25-15-19-9-5-8-12-23(19)36-25)31-22-11-7-6-10-20(22)28(32)33/h5-17H,4H2,1-3H3/t17-/m0/s1. The number of halogens is 1. The molecule has 0 saturated carbocycles. The van der Waals surface area contributed by atoms with E-state index in [1.807, 2.05) is 55.5 Å². The van der Waals surface area contributed by atoms with Gasteiger partial charge in [0, 0.05) is 5.39 Å². The fraction of sp³-hybridized carbons (Fsp3) is 0.179. The third-order valence-corrected chi connectivity index (χ3v) is 6.46. The third-order valence-electron chi connectivity index (χ3n) is 5.87. The minimum absolute atomic E-state index is 0.0309. The highest BCUT2D eigenvalue weighted by Crippen LogP contribution is 2.37. The number of fused-ring (bicyclic) bond motifs is 2. The zero-order valence-corrected chi connectivity index (χ0v) is 21.7. The number of para-hydroxylation sites is 2. The predicted octanol–water partition coefficient (Wildman–Crippen LogP) is 6.64. The van der Waals surface area contributed by atoms with Crippen LogP contribution in [0.5, 0.6) is 11.5 Å². The Morgan fingerprint density at radius 3 is 2.69 bits per heavy atom. The number of aromatic nitrogens is 2.